The molecule has 3 rings (SSSR count). The van der Waals surface area contributed by atoms with E-state index in [1.807, 2.05) is 19.2 Å². The summed E-state index contributed by atoms with van der Waals surface area (Å²) in [5.41, 5.74) is 0. The summed E-state index contributed by atoms with van der Waals surface area (Å²) in [7, 11) is 4.02. The van der Waals surface area contributed by atoms with E-state index in [-0.39, 0.29) is 0 Å². The highest BCUT2D eigenvalue weighted by Gasteiger charge is 2.26. The Morgan fingerprint density at radius 3 is 3.00 bits per heavy atom. The largest absolute Gasteiger partial charge is 0.355 e. The lowest BCUT2D eigenvalue weighted by Gasteiger charge is -2.23. The molecule has 0 spiro atoms. The number of likely N-dealkylation sites (tertiary alicyclic amines) is 1. The normalized spacial score (nSPS) is 25.3. The molecule has 7 heteroatoms. The van der Waals surface area contributed by atoms with E-state index in [0.29, 0.717) is 17.1 Å². The number of likely N-dealkylation sites (N-methyl/N-ethyl adjacent to an activating group) is 1. The average molecular weight is 351 g/mol. The summed E-state index contributed by atoms with van der Waals surface area (Å²) in [6, 6.07) is 4.72. The number of guanidine groups is 1. The number of anilines is 1. The molecule has 0 saturated carbocycles. The molecule has 3 heterocycles. The number of pyridine rings is 1. The molecular formula is C17H27ClN6. The molecule has 24 heavy (non-hydrogen) atoms. The zero-order valence-electron chi connectivity index (χ0n) is 14.5. The second-order valence-electron chi connectivity index (χ2n) is 6.61. The van der Waals surface area contributed by atoms with Crippen molar-refractivity contribution in [1.82, 2.24) is 20.5 Å². The second-order valence-corrected chi connectivity index (χ2v) is 7.02. The van der Waals surface area contributed by atoms with Crippen LogP contribution in [0.15, 0.2) is 23.3 Å². The Balaban J connectivity index is 1.49. The lowest BCUT2D eigenvalue weighted by atomic mass is 10.2. The van der Waals surface area contributed by atoms with Crippen LogP contribution in [0, 0.1) is 0 Å². The predicted molar refractivity (Wildman–Crippen MR) is 100 cm³/mol. The van der Waals surface area contributed by atoms with Gasteiger partial charge in [-0.15, -0.1) is 0 Å². The smallest absolute Gasteiger partial charge is 0.191 e. The van der Waals surface area contributed by atoms with Crippen molar-refractivity contribution in [3.05, 3.63) is 23.4 Å². The fourth-order valence-electron chi connectivity index (χ4n) is 3.52. The molecule has 0 aliphatic carbocycles. The minimum atomic E-state index is 0.357. The van der Waals surface area contributed by atoms with Gasteiger partial charge in [0.2, 0.25) is 0 Å². The zero-order chi connectivity index (χ0) is 16.9. The molecule has 2 fully saturated rings. The summed E-state index contributed by atoms with van der Waals surface area (Å²) in [6.07, 6.45) is 5.39. The van der Waals surface area contributed by atoms with Crippen molar-refractivity contribution in [1.29, 1.82) is 0 Å². The molecule has 2 atom stereocenters. The third-order valence-electron chi connectivity index (χ3n) is 4.97. The first kappa shape index (κ1) is 17.3. The lowest BCUT2D eigenvalue weighted by Crippen LogP contribution is -2.48. The molecule has 2 aliphatic heterocycles. The molecule has 0 bridgehead atoms. The minimum Gasteiger partial charge on any atom is -0.355 e. The van der Waals surface area contributed by atoms with Crippen LogP contribution in [0.5, 0.6) is 0 Å². The van der Waals surface area contributed by atoms with Gasteiger partial charge in [-0.1, -0.05) is 11.6 Å². The van der Waals surface area contributed by atoms with Crippen molar-refractivity contribution in [3.8, 4) is 0 Å². The molecular weight excluding hydrogens is 324 g/mol. The number of halogens is 1. The van der Waals surface area contributed by atoms with Crippen molar-refractivity contribution < 1.29 is 0 Å². The summed E-state index contributed by atoms with van der Waals surface area (Å²) in [4.78, 5) is 13.4. The maximum atomic E-state index is 6.26. The molecule has 1 aromatic heterocycles. The molecule has 2 saturated heterocycles. The zero-order valence-corrected chi connectivity index (χ0v) is 15.3. The number of hydrogen-bond acceptors (Lipinski definition) is 4. The molecule has 2 N–H and O–H groups in total. The van der Waals surface area contributed by atoms with Gasteiger partial charge in [0, 0.05) is 45.0 Å². The third kappa shape index (κ3) is 4.11. The van der Waals surface area contributed by atoms with E-state index in [4.69, 9.17) is 11.6 Å². The molecule has 2 unspecified atom stereocenters. The fourth-order valence-corrected chi connectivity index (χ4v) is 3.76. The predicted octanol–water partition coefficient (Wildman–Crippen LogP) is 1.57. The van der Waals surface area contributed by atoms with Crippen LogP contribution in [0.1, 0.15) is 19.3 Å². The van der Waals surface area contributed by atoms with Gasteiger partial charge >= 0.3 is 0 Å². The Morgan fingerprint density at radius 2 is 2.29 bits per heavy atom. The van der Waals surface area contributed by atoms with Gasteiger partial charge in [-0.3, -0.25) is 4.99 Å². The van der Waals surface area contributed by atoms with Crippen LogP contribution in [0.2, 0.25) is 5.02 Å². The highest BCUT2D eigenvalue weighted by Crippen LogP contribution is 2.25. The van der Waals surface area contributed by atoms with Gasteiger partial charge in [-0.2, -0.15) is 0 Å². The monoisotopic (exact) mass is 350 g/mol. The van der Waals surface area contributed by atoms with Gasteiger partial charge in [0.25, 0.3) is 0 Å². The van der Waals surface area contributed by atoms with Gasteiger partial charge < -0.3 is 20.4 Å². The summed E-state index contributed by atoms with van der Waals surface area (Å²) >= 11 is 6.26. The van der Waals surface area contributed by atoms with E-state index in [1.54, 1.807) is 6.20 Å². The van der Waals surface area contributed by atoms with E-state index in [2.05, 4.69) is 37.5 Å². The third-order valence-corrected chi connectivity index (χ3v) is 5.26. The van der Waals surface area contributed by atoms with Gasteiger partial charge in [0.1, 0.15) is 5.82 Å². The minimum absolute atomic E-state index is 0.357. The second kappa shape index (κ2) is 8.03. The first-order valence-electron chi connectivity index (χ1n) is 8.70. The first-order valence-corrected chi connectivity index (χ1v) is 9.08. The van der Waals surface area contributed by atoms with Crippen molar-refractivity contribution in [2.45, 2.75) is 31.3 Å². The average Bonchev–Trinajstić information content (AvgIpc) is 3.21. The van der Waals surface area contributed by atoms with E-state index < -0.39 is 0 Å². The Hall–Kier alpha value is -1.53. The van der Waals surface area contributed by atoms with Crippen molar-refractivity contribution >= 4 is 23.4 Å². The summed E-state index contributed by atoms with van der Waals surface area (Å²) in [6.45, 7) is 3.98. The Morgan fingerprint density at radius 1 is 1.42 bits per heavy atom. The van der Waals surface area contributed by atoms with Crippen LogP contribution in [0.25, 0.3) is 0 Å². The van der Waals surface area contributed by atoms with Crippen LogP contribution in [0.3, 0.4) is 0 Å². The summed E-state index contributed by atoms with van der Waals surface area (Å²) in [5, 5.41) is 7.72. The lowest BCUT2D eigenvalue weighted by molar-refractivity contribution is 0.309. The van der Waals surface area contributed by atoms with E-state index in [0.717, 1.165) is 37.8 Å². The van der Waals surface area contributed by atoms with Crippen molar-refractivity contribution in [2.24, 2.45) is 4.99 Å². The highest BCUT2D eigenvalue weighted by molar-refractivity contribution is 6.32. The van der Waals surface area contributed by atoms with Crippen LogP contribution in [-0.4, -0.2) is 68.2 Å². The number of nitrogens with one attached hydrogen (secondary N) is 2. The van der Waals surface area contributed by atoms with Gasteiger partial charge in [0.15, 0.2) is 5.96 Å². The van der Waals surface area contributed by atoms with Crippen molar-refractivity contribution in [3.63, 3.8) is 0 Å². The quantitative estimate of drug-likeness (QED) is 0.637. The standard InChI is InChI=1S/C17H27ClN6/c1-19-17(21-11-14-5-4-9-23(14)2)22-13-7-10-24(12-13)16-15(18)6-3-8-20-16/h3,6,8,13-14H,4-5,7,9-12H2,1-2H3,(H2,19,21,22). The van der Waals surface area contributed by atoms with Gasteiger partial charge in [0.05, 0.1) is 5.02 Å². The Bertz CT molecular complexity index is 578. The highest BCUT2D eigenvalue weighted by atomic mass is 35.5. The Kier molecular flexibility index (Phi) is 5.79. The molecule has 2 aliphatic rings. The first-order chi connectivity index (χ1) is 11.7. The fraction of sp³-hybridized carbons (Fsp3) is 0.647. The molecule has 0 amide bonds. The van der Waals surface area contributed by atoms with Gasteiger partial charge in [-0.05, 0) is 45.0 Å². The topological polar surface area (TPSA) is 55.8 Å². The van der Waals surface area contributed by atoms with Crippen LogP contribution in [0.4, 0.5) is 5.82 Å². The number of nitrogens with zero attached hydrogens (tertiary/aromatic N) is 4. The summed E-state index contributed by atoms with van der Waals surface area (Å²) < 4.78 is 0. The van der Waals surface area contributed by atoms with E-state index in [9.17, 15) is 0 Å². The van der Waals surface area contributed by atoms with E-state index in [1.165, 1.54) is 19.4 Å². The molecule has 132 valence electrons. The number of hydrogen-bond donors (Lipinski definition) is 2. The van der Waals surface area contributed by atoms with Gasteiger partial charge in [-0.25, -0.2) is 4.98 Å². The van der Waals surface area contributed by atoms with Crippen LogP contribution >= 0.6 is 11.6 Å². The maximum absolute atomic E-state index is 6.26. The van der Waals surface area contributed by atoms with Crippen molar-refractivity contribution in [2.75, 3.05) is 45.2 Å². The molecule has 0 aromatic carbocycles. The molecule has 6 nitrogen and oxygen atoms in total. The van der Waals surface area contributed by atoms with Crippen LogP contribution < -0.4 is 15.5 Å². The van der Waals surface area contributed by atoms with Crippen LogP contribution in [-0.2, 0) is 0 Å². The number of aliphatic imine (C=N–C) groups is 1. The van der Waals surface area contributed by atoms with E-state index >= 15 is 0 Å². The molecule has 0 radical (unpaired) electrons. The summed E-state index contributed by atoms with van der Waals surface area (Å²) in [5.74, 6) is 1.76. The maximum Gasteiger partial charge on any atom is 0.191 e. The number of rotatable bonds is 4. The number of aromatic nitrogens is 1. The Labute approximate surface area is 149 Å². The SMILES string of the molecule is CN=C(NCC1CCCN1C)NC1CCN(c2ncccc2Cl)C1. The molecule has 1 aromatic rings.